The van der Waals surface area contributed by atoms with Crippen molar-refractivity contribution >= 4 is 33.9 Å². The molecule has 2 N–H and O–H groups in total. The molecule has 1 aromatic rings. The minimum atomic E-state index is -0.706. The molecule has 0 aromatic heterocycles. The van der Waals surface area contributed by atoms with Gasteiger partial charge < -0.3 is 5.32 Å². The molecule has 0 bridgehead atoms. The summed E-state index contributed by atoms with van der Waals surface area (Å²) in [5.41, 5.74) is 3.17. The number of halogens is 1. The summed E-state index contributed by atoms with van der Waals surface area (Å²) in [6.07, 6.45) is 5.26. The van der Waals surface area contributed by atoms with E-state index in [1.807, 2.05) is 0 Å². The van der Waals surface area contributed by atoms with Crippen molar-refractivity contribution in [2.75, 3.05) is 0 Å². The number of urea groups is 1. The predicted octanol–water partition coefficient (Wildman–Crippen LogP) is 3.13. The fourth-order valence-electron chi connectivity index (χ4n) is 4.17. The van der Waals surface area contributed by atoms with Crippen LogP contribution in [0.3, 0.4) is 0 Å². The summed E-state index contributed by atoms with van der Waals surface area (Å²) in [5, 5.41) is 5.22. The maximum atomic E-state index is 12.1. The van der Waals surface area contributed by atoms with Crippen molar-refractivity contribution in [2.24, 2.45) is 0 Å². The number of fused-ring (bicyclic) bond motifs is 2. The van der Waals surface area contributed by atoms with Crippen LogP contribution in [0.15, 0.2) is 22.7 Å². The van der Waals surface area contributed by atoms with Crippen molar-refractivity contribution in [3.8, 4) is 0 Å². The second-order valence-corrected chi connectivity index (χ2v) is 7.46. The van der Waals surface area contributed by atoms with Crippen molar-refractivity contribution < 1.29 is 9.59 Å². The second kappa shape index (κ2) is 4.44. The molecule has 5 heteroatoms. The van der Waals surface area contributed by atoms with Gasteiger partial charge in [0, 0.05) is 9.90 Å². The zero-order valence-electron chi connectivity index (χ0n) is 12.3. The number of aryl methyl sites for hydroxylation is 1. The van der Waals surface area contributed by atoms with Crippen LogP contribution < -0.4 is 10.6 Å². The van der Waals surface area contributed by atoms with E-state index in [1.54, 1.807) is 0 Å². The Morgan fingerprint density at radius 1 is 1.14 bits per heavy atom. The van der Waals surface area contributed by atoms with Gasteiger partial charge in [0.25, 0.3) is 5.91 Å². The largest absolute Gasteiger partial charge is 0.323 e. The summed E-state index contributed by atoms with van der Waals surface area (Å²) >= 11 is 3.77. The van der Waals surface area contributed by atoms with Crippen LogP contribution in [0, 0.1) is 6.92 Å². The monoisotopic (exact) mass is 360 g/mol. The van der Waals surface area contributed by atoms with Gasteiger partial charge >= 0.3 is 6.03 Å². The van der Waals surface area contributed by atoms with Crippen LogP contribution in [-0.4, -0.2) is 17.5 Å². The summed E-state index contributed by atoms with van der Waals surface area (Å²) in [4.78, 5) is 23.6. The SMILES string of the molecule is Cc1cccc2c1C=C(Br)C21CCC2(CC1)NC(=O)NC2=O. The Kier molecular flexibility index (Phi) is 2.83. The first-order chi connectivity index (χ1) is 10.5. The zero-order chi connectivity index (χ0) is 15.5. The Labute approximate surface area is 137 Å². The van der Waals surface area contributed by atoms with Crippen LogP contribution in [0.4, 0.5) is 4.79 Å². The van der Waals surface area contributed by atoms with Gasteiger partial charge in [0.2, 0.25) is 0 Å². The van der Waals surface area contributed by atoms with Gasteiger partial charge in [0.15, 0.2) is 0 Å². The number of nitrogens with one attached hydrogen (secondary N) is 2. The summed E-state index contributed by atoms with van der Waals surface area (Å²) in [5.74, 6) is -0.171. The van der Waals surface area contributed by atoms with E-state index >= 15 is 0 Å². The number of hydrogen-bond acceptors (Lipinski definition) is 2. The average molecular weight is 361 g/mol. The minimum Gasteiger partial charge on any atom is -0.323 e. The Morgan fingerprint density at radius 2 is 1.86 bits per heavy atom. The van der Waals surface area contributed by atoms with E-state index in [0.29, 0.717) is 12.8 Å². The summed E-state index contributed by atoms with van der Waals surface area (Å²) in [6, 6.07) is 6.06. The smallest absolute Gasteiger partial charge is 0.322 e. The Morgan fingerprint density at radius 3 is 2.50 bits per heavy atom. The van der Waals surface area contributed by atoms with Gasteiger partial charge in [0.05, 0.1) is 0 Å². The molecule has 1 aliphatic heterocycles. The first kappa shape index (κ1) is 14.0. The highest BCUT2D eigenvalue weighted by molar-refractivity contribution is 9.11. The molecule has 1 aromatic carbocycles. The highest BCUT2D eigenvalue weighted by atomic mass is 79.9. The summed E-state index contributed by atoms with van der Waals surface area (Å²) in [7, 11) is 0. The molecule has 2 aliphatic carbocycles. The standard InChI is InChI=1S/C17H17BrN2O2/c1-10-3-2-4-12-11(10)9-13(18)16(12)5-7-17(8-6-16)14(21)19-15(22)20-17/h2-4,9H,5-8H2,1H3,(H2,19,20,21,22). The Bertz CT molecular complexity index is 730. The molecule has 1 saturated carbocycles. The van der Waals surface area contributed by atoms with E-state index in [2.05, 4.69) is 57.8 Å². The van der Waals surface area contributed by atoms with Gasteiger partial charge in [-0.3, -0.25) is 10.1 Å². The molecule has 4 nitrogen and oxygen atoms in total. The average Bonchev–Trinajstić information content (AvgIpc) is 2.91. The molecule has 3 aliphatic rings. The Balaban J connectivity index is 1.70. The van der Waals surface area contributed by atoms with E-state index in [9.17, 15) is 9.59 Å². The van der Waals surface area contributed by atoms with Gasteiger partial charge in [-0.15, -0.1) is 0 Å². The van der Waals surface area contributed by atoms with Gasteiger partial charge in [-0.25, -0.2) is 4.79 Å². The molecule has 2 spiro atoms. The molecule has 0 unspecified atom stereocenters. The molecule has 22 heavy (non-hydrogen) atoms. The van der Waals surface area contributed by atoms with Crippen molar-refractivity contribution in [3.05, 3.63) is 39.4 Å². The van der Waals surface area contributed by atoms with Crippen molar-refractivity contribution in [3.63, 3.8) is 0 Å². The maximum Gasteiger partial charge on any atom is 0.322 e. The number of allylic oxidation sites excluding steroid dienone is 1. The molecule has 114 valence electrons. The molecule has 2 fully saturated rings. The number of benzene rings is 1. The normalized spacial score (nSPS) is 32.9. The van der Waals surface area contributed by atoms with E-state index in [-0.39, 0.29) is 17.4 Å². The number of hydrogen-bond donors (Lipinski definition) is 2. The first-order valence-electron chi connectivity index (χ1n) is 7.58. The lowest BCUT2D eigenvalue weighted by Gasteiger charge is -2.42. The highest BCUT2D eigenvalue weighted by Crippen LogP contribution is 2.55. The van der Waals surface area contributed by atoms with Crippen LogP contribution in [0.5, 0.6) is 0 Å². The third-order valence-electron chi connectivity index (χ3n) is 5.54. The summed E-state index contributed by atoms with van der Waals surface area (Å²) < 4.78 is 1.20. The topological polar surface area (TPSA) is 58.2 Å². The maximum absolute atomic E-state index is 12.1. The zero-order valence-corrected chi connectivity index (χ0v) is 13.9. The lowest BCUT2D eigenvalue weighted by Crippen LogP contribution is -2.52. The van der Waals surface area contributed by atoms with Crippen LogP contribution in [0.2, 0.25) is 0 Å². The lowest BCUT2D eigenvalue weighted by atomic mass is 9.65. The van der Waals surface area contributed by atoms with E-state index in [1.165, 1.54) is 21.2 Å². The van der Waals surface area contributed by atoms with Crippen LogP contribution >= 0.6 is 15.9 Å². The fraction of sp³-hybridized carbons (Fsp3) is 0.412. The minimum absolute atomic E-state index is 0.0415. The lowest BCUT2D eigenvalue weighted by molar-refractivity contribution is -0.125. The predicted molar refractivity (Wildman–Crippen MR) is 87.6 cm³/mol. The van der Waals surface area contributed by atoms with Crippen molar-refractivity contribution in [1.29, 1.82) is 0 Å². The van der Waals surface area contributed by atoms with E-state index in [4.69, 9.17) is 0 Å². The number of amides is 3. The number of rotatable bonds is 0. The molecule has 3 amide bonds. The van der Waals surface area contributed by atoms with E-state index in [0.717, 1.165) is 12.8 Å². The second-order valence-electron chi connectivity index (χ2n) is 6.60. The molecule has 1 saturated heterocycles. The molecule has 0 atom stereocenters. The van der Waals surface area contributed by atoms with Gasteiger partial charge in [-0.05, 0) is 55.4 Å². The highest BCUT2D eigenvalue weighted by Gasteiger charge is 2.54. The van der Waals surface area contributed by atoms with E-state index < -0.39 is 5.54 Å². The van der Waals surface area contributed by atoms with Crippen molar-refractivity contribution in [2.45, 2.75) is 43.6 Å². The van der Waals surface area contributed by atoms with Crippen molar-refractivity contribution in [1.82, 2.24) is 10.6 Å². The van der Waals surface area contributed by atoms with Gasteiger partial charge in [-0.1, -0.05) is 34.1 Å². The number of imide groups is 1. The third-order valence-corrected chi connectivity index (χ3v) is 6.53. The van der Waals surface area contributed by atoms with Crippen LogP contribution in [0.1, 0.15) is 42.4 Å². The van der Waals surface area contributed by atoms with Crippen LogP contribution in [-0.2, 0) is 10.2 Å². The van der Waals surface area contributed by atoms with Gasteiger partial charge in [0.1, 0.15) is 5.54 Å². The molecule has 4 rings (SSSR count). The molecular weight excluding hydrogens is 344 g/mol. The third kappa shape index (κ3) is 1.69. The van der Waals surface area contributed by atoms with Crippen LogP contribution in [0.25, 0.3) is 6.08 Å². The molecular formula is C17H17BrN2O2. The fourth-order valence-corrected chi connectivity index (χ4v) is 5.01. The summed E-state index contributed by atoms with van der Waals surface area (Å²) in [6.45, 7) is 2.13. The quantitative estimate of drug-likeness (QED) is 0.698. The van der Waals surface area contributed by atoms with Gasteiger partial charge in [-0.2, -0.15) is 0 Å². The molecule has 1 heterocycles. The molecule has 0 radical (unpaired) electrons. The number of carbonyl (C=O) groups excluding carboxylic acids is 2. The number of carbonyl (C=O) groups is 2. The first-order valence-corrected chi connectivity index (χ1v) is 8.38. The Hall–Kier alpha value is -1.62.